The minimum Gasteiger partial charge on any atom is -0.477 e. The number of aryl methyl sites for hydroxylation is 1. The Kier molecular flexibility index (Phi) is 6.11. The molecule has 6 rings (SSSR count). The average molecular weight is 536 g/mol. The minimum absolute atomic E-state index is 0.0818. The summed E-state index contributed by atoms with van der Waals surface area (Å²) in [7, 11) is 0. The van der Waals surface area contributed by atoms with E-state index in [1.165, 1.54) is 17.5 Å². The number of hydrogen-bond acceptors (Lipinski definition) is 7. The fourth-order valence-electron chi connectivity index (χ4n) is 5.00. The second-order valence-corrected chi connectivity index (χ2v) is 11.0. The van der Waals surface area contributed by atoms with Crippen LogP contribution in [-0.4, -0.2) is 64.2 Å². The molecule has 1 saturated heterocycles. The smallest absolute Gasteiger partial charge is 0.341 e. The molecule has 1 amide bonds. The van der Waals surface area contributed by atoms with Crippen LogP contribution in [0, 0.1) is 12.7 Å². The van der Waals surface area contributed by atoms with Crippen LogP contribution in [0.4, 0.5) is 15.2 Å². The van der Waals surface area contributed by atoms with Gasteiger partial charge in [-0.05, 0) is 49.6 Å². The van der Waals surface area contributed by atoms with Crippen molar-refractivity contribution in [1.82, 2.24) is 14.5 Å². The molecule has 0 unspecified atom stereocenters. The summed E-state index contributed by atoms with van der Waals surface area (Å²) in [5, 5.41) is 13.0. The molecule has 9 nitrogen and oxygen atoms in total. The molecule has 4 aromatic rings. The molecule has 2 aliphatic rings. The Hall–Kier alpha value is -3.83. The average Bonchev–Trinajstić information content (AvgIpc) is 3.64. The first-order chi connectivity index (χ1) is 18.3. The zero-order chi connectivity index (χ0) is 26.6. The lowest BCUT2D eigenvalue weighted by Crippen LogP contribution is -2.49. The van der Waals surface area contributed by atoms with Gasteiger partial charge in [0, 0.05) is 43.8 Å². The van der Waals surface area contributed by atoms with Gasteiger partial charge in [-0.3, -0.25) is 14.5 Å². The van der Waals surface area contributed by atoms with Gasteiger partial charge in [-0.15, -0.1) is 0 Å². The van der Waals surface area contributed by atoms with E-state index in [1.807, 2.05) is 34.9 Å². The topological polar surface area (TPSA) is 108 Å². The summed E-state index contributed by atoms with van der Waals surface area (Å²) in [6.07, 6.45) is 3.16. The van der Waals surface area contributed by atoms with Crippen LogP contribution in [0.15, 0.2) is 41.3 Å². The Bertz CT molecular complexity index is 1650. The molecule has 0 radical (unpaired) electrons. The summed E-state index contributed by atoms with van der Waals surface area (Å²) < 4.78 is 18.0. The standard InChI is InChI=1S/C27H26FN5O4S/c1-15-2-5-20-23(10-15)38-27(29-20)30-24(34)14-31-6-8-32(9-7-31)22-12-21-17(11-19(22)28)25(35)18(26(36)37)13-33(21)16-3-4-16/h2,5,10-13,16H,3-4,6-9,14H2,1H3,(H,36,37)(H,29,30,34). The third kappa shape index (κ3) is 4.63. The molecule has 1 saturated carbocycles. The second-order valence-electron chi connectivity index (χ2n) is 9.94. The molecule has 2 fully saturated rings. The normalized spacial score (nSPS) is 16.3. The molecule has 2 N–H and O–H groups in total. The SMILES string of the molecule is Cc1ccc2nc(NC(=O)CN3CCN(c4cc5c(cc4F)c(=O)c(C(=O)O)cn5C4CC4)CC3)sc2c1. The van der Waals surface area contributed by atoms with Crippen LogP contribution >= 0.6 is 11.3 Å². The number of aromatic carboxylic acids is 1. The van der Waals surface area contributed by atoms with Crippen LogP contribution in [0.5, 0.6) is 0 Å². The van der Waals surface area contributed by atoms with Crippen LogP contribution in [0.3, 0.4) is 0 Å². The maximum atomic E-state index is 15.2. The molecule has 1 aliphatic heterocycles. The maximum absolute atomic E-state index is 15.2. The summed E-state index contributed by atoms with van der Waals surface area (Å²) in [6, 6.07) is 8.92. The highest BCUT2D eigenvalue weighted by Gasteiger charge is 2.29. The Balaban J connectivity index is 1.15. The number of amides is 1. The molecule has 11 heteroatoms. The van der Waals surface area contributed by atoms with Gasteiger partial charge in [0.05, 0.1) is 28.0 Å². The van der Waals surface area contributed by atoms with Gasteiger partial charge in [-0.25, -0.2) is 14.2 Å². The fraction of sp³-hybridized carbons (Fsp3) is 0.333. The quantitative estimate of drug-likeness (QED) is 0.386. The summed E-state index contributed by atoms with van der Waals surface area (Å²) in [4.78, 5) is 45.4. The van der Waals surface area contributed by atoms with Crippen molar-refractivity contribution >= 4 is 55.2 Å². The number of fused-ring (bicyclic) bond motifs is 2. The van der Waals surface area contributed by atoms with Crippen LogP contribution in [0.1, 0.15) is 34.8 Å². The number of thiazole rings is 1. The van der Waals surface area contributed by atoms with E-state index in [-0.39, 0.29) is 29.4 Å². The van der Waals surface area contributed by atoms with Gasteiger partial charge in [0.1, 0.15) is 11.4 Å². The van der Waals surface area contributed by atoms with Crippen molar-refractivity contribution < 1.29 is 19.1 Å². The predicted octanol–water partition coefficient (Wildman–Crippen LogP) is 3.85. The molecule has 38 heavy (non-hydrogen) atoms. The third-order valence-electron chi connectivity index (χ3n) is 7.14. The lowest BCUT2D eigenvalue weighted by atomic mass is 10.1. The van der Waals surface area contributed by atoms with Gasteiger partial charge in [0.25, 0.3) is 0 Å². The number of carboxylic acid groups (broad SMARTS) is 1. The Morgan fingerprint density at radius 2 is 1.92 bits per heavy atom. The number of hydrogen-bond donors (Lipinski definition) is 2. The van der Waals surface area contributed by atoms with Crippen LogP contribution in [-0.2, 0) is 4.79 Å². The number of anilines is 2. The van der Waals surface area contributed by atoms with Crippen molar-refractivity contribution in [2.24, 2.45) is 0 Å². The number of piperazine rings is 1. The molecule has 196 valence electrons. The molecule has 0 bridgehead atoms. The monoisotopic (exact) mass is 535 g/mol. The summed E-state index contributed by atoms with van der Waals surface area (Å²) in [6.45, 7) is 4.38. The highest BCUT2D eigenvalue weighted by atomic mass is 32.1. The van der Waals surface area contributed by atoms with Crippen molar-refractivity contribution in [3.05, 3.63) is 63.7 Å². The number of pyridine rings is 1. The van der Waals surface area contributed by atoms with Gasteiger partial charge in [0.2, 0.25) is 11.3 Å². The van der Waals surface area contributed by atoms with Crippen LogP contribution in [0.2, 0.25) is 0 Å². The number of carbonyl (C=O) groups excluding carboxylic acids is 1. The molecule has 2 aromatic heterocycles. The zero-order valence-corrected chi connectivity index (χ0v) is 21.6. The molecule has 0 atom stereocenters. The number of aromatic nitrogens is 2. The Morgan fingerprint density at radius 3 is 2.63 bits per heavy atom. The van der Waals surface area contributed by atoms with E-state index in [4.69, 9.17) is 0 Å². The molecule has 2 aromatic carbocycles. The first-order valence-electron chi connectivity index (χ1n) is 12.5. The van der Waals surface area contributed by atoms with E-state index in [1.54, 1.807) is 10.6 Å². The molecular weight excluding hydrogens is 509 g/mol. The van der Waals surface area contributed by atoms with Gasteiger partial charge in [-0.1, -0.05) is 17.4 Å². The van der Waals surface area contributed by atoms with Gasteiger partial charge < -0.3 is 19.9 Å². The van der Waals surface area contributed by atoms with Crippen molar-refractivity contribution in [2.45, 2.75) is 25.8 Å². The van der Waals surface area contributed by atoms with Gasteiger partial charge in [-0.2, -0.15) is 0 Å². The highest BCUT2D eigenvalue weighted by molar-refractivity contribution is 7.22. The number of nitrogens with one attached hydrogen (secondary N) is 1. The van der Waals surface area contributed by atoms with E-state index < -0.39 is 17.2 Å². The van der Waals surface area contributed by atoms with Crippen molar-refractivity contribution in [2.75, 3.05) is 42.9 Å². The number of nitrogens with zero attached hydrogens (tertiary/aromatic N) is 4. The first-order valence-corrected chi connectivity index (χ1v) is 13.3. The molecular formula is C27H26FN5O4S. The molecule has 0 spiro atoms. The van der Waals surface area contributed by atoms with Crippen LogP contribution in [0.25, 0.3) is 21.1 Å². The lowest BCUT2D eigenvalue weighted by molar-refractivity contribution is -0.117. The number of carbonyl (C=O) groups is 2. The molecule has 1 aliphatic carbocycles. The Labute approximate surface area is 221 Å². The van der Waals surface area contributed by atoms with E-state index in [0.29, 0.717) is 42.5 Å². The van der Waals surface area contributed by atoms with Crippen molar-refractivity contribution in [3.63, 3.8) is 0 Å². The predicted molar refractivity (Wildman–Crippen MR) is 145 cm³/mol. The molecule has 3 heterocycles. The Morgan fingerprint density at radius 1 is 1.16 bits per heavy atom. The largest absolute Gasteiger partial charge is 0.477 e. The van der Waals surface area contributed by atoms with Crippen molar-refractivity contribution in [1.29, 1.82) is 0 Å². The summed E-state index contributed by atoms with van der Waals surface area (Å²) in [5.74, 6) is -2.01. The van der Waals surface area contributed by atoms with E-state index >= 15 is 4.39 Å². The number of benzene rings is 2. The number of halogens is 1. The number of rotatable bonds is 6. The van der Waals surface area contributed by atoms with Gasteiger partial charge >= 0.3 is 5.97 Å². The first kappa shape index (κ1) is 24.5. The van der Waals surface area contributed by atoms with E-state index in [9.17, 15) is 19.5 Å². The third-order valence-corrected chi connectivity index (χ3v) is 8.08. The highest BCUT2D eigenvalue weighted by Crippen LogP contribution is 2.38. The maximum Gasteiger partial charge on any atom is 0.341 e. The van der Waals surface area contributed by atoms with Gasteiger partial charge in [0.15, 0.2) is 5.13 Å². The zero-order valence-electron chi connectivity index (χ0n) is 20.7. The van der Waals surface area contributed by atoms with Crippen molar-refractivity contribution in [3.8, 4) is 0 Å². The lowest BCUT2D eigenvalue weighted by Gasteiger charge is -2.36. The second kappa shape index (κ2) is 9.48. The van der Waals surface area contributed by atoms with E-state index in [2.05, 4.69) is 10.3 Å². The van der Waals surface area contributed by atoms with Crippen LogP contribution < -0.4 is 15.6 Å². The summed E-state index contributed by atoms with van der Waals surface area (Å²) >= 11 is 1.44. The summed E-state index contributed by atoms with van der Waals surface area (Å²) in [5.41, 5.74) is 1.90. The fourth-order valence-corrected chi connectivity index (χ4v) is 5.98. The number of carboxylic acids is 1. The van der Waals surface area contributed by atoms with E-state index in [0.717, 1.165) is 34.7 Å². The minimum atomic E-state index is -1.31.